The number of carbonyl (C=O) groups excluding carboxylic acids is 1. The number of hydrogen-bond donors (Lipinski definition) is 1. The molecule has 0 aliphatic carbocycles. The number of benzene rings is 1. The summed E-state index contributed by atoms with van der Waals surface area (Å²) < 4.78 is 10.4. The van der Waals surface area contributed by atoms with Crippen LogP contribution < -0.4 is 14.8 Å². The van der Waals surface area contributed by atoms with Crippen molar-refractivity contribution in [3.63, 3.8) is 0 Å². The van der Waals surface area contributed by atoms with E-state index in [1.807, 2.05) is 19.1 Å². The lowest BCUT2D eigenvalue weighted by atomic mass is 10.2. The standard InChI is InChI=1S/C20H21N3O3S/c1-13-18(27-20(23-13)14-6-9-21-10-7-14)8-11-22-19(24)15-4-5-16(25-2)17(12-15)26-3/h4-7,9-10,12H,8,11H2,1-3H3,(H,22,24). The summed E-state index contributed by atoms with van der Waals surface area (Å²) in [6, 6.07) is 9.01. The summed E-state index contributed by atoms with van der Waals surface area (Å²) in [7, 11) is 3.11. The van der Waals surface area contributed by atoms with Gasteiger partial charge in [-0.3, -0.25) is 9.78 Å². The van der Waals surface area contributed by atoms with Crippen LogP contribution in [0.15, 0.2) is 42.7 Å². The van der Waals surface area contributed by atoms with Crippen LogP contribution in [0.3, 0.4) is 0 Å². The number of hydrogen-bond acceptors (Lipinski definition) is 6. The van der Waals surface area contributed by atoms with E-state index in [2.05, 4.69) is 15.3 Å². The third-order valence-electron chi connectivity index (χ3n) is 4.10. The van der Waals surface area contributed by atoms with Crippen molar-refractivity contribution >= 4 is 17.2 Å². The Balaban J connectivity index is 1.61. The number of ether oxygens (including phenoxy) is 2. The molecule has 0 spiro atoms. The molecule has 0 radical (unpaired) electrons. The molecule has 0 aliphatic heterocycles. The zero-order valence-corrected chi connectivity index (χ0v) is 16.3. The Labute approximate surface area is 162 Å². The minimum atomic E-state index is -0.146. The van der Waals surface area contributed by atoms with Crippen molar-refractivity contribution in [1.29, 1.82) is 0 Å². The molecule has 2 aromatic heterocycles. The molecule has 1 aromatic carbocycles. The topological polar surface area (TPSA) is 73.3 Å². The molecule has 0 unspecified atom stereocenters. The van der Waals surface area contributed by atoms with Gasteiger partial charge >= 0.3 is 0 Å². The Morgan fingerprint density at radius 2 is 1.85 bits per heavy atom. The highest BCUT2D eigenvalue weighted by molar-refractivity contribution is 7.15. The number of aromatic nitrogens is 2. The predicted octanol–water partition coefficient (Wildman–Crippen LogP) is 3.50. The Morgan fingerprint density at radius 1 is 1.11 bits per heavy atom. The summed E-state index contributed by atoms with van der Waals surface area (Å²) in [6.07, 6.45) is 4.25. The van der Waals surface area contributed by atoms with Crippen LogP contribution in [0.4, 0.5) is 0 Å². The molecule has 0 bridgehead atoms. The third kappa shape index (κ3) is 4.43. The number of amides is 1. The number of nitrogens with zero attached hydrogens (tertiary/aromatic N) is 2. The molecule has 0 saturated heterocycles. The van der Waals surface area contributed by atoms with Gasteiger partial charge in [-0.15, -0.1) is 11.3 Å². The molecule has 7 heteroatoms. The van der Waals surface area contributed by atoms with Gasteiger partial charge in [0.05, 0.1) is 19.9 Å². The average molecular weight is 383 g/mol. The van der Waals surface area contributed by atoms with Gasteiger partial charge in [-0.2, -0.15) is 0 Å². The molecule has 1 amide bonds. The molecular formula is C20H21N3O3S. The van der Waals surface area contributed by atoms with E-state index >= 15 is 0 Å². The maximum absolute atomic E-state index is 12.4. The Kier molecular flexibility index (Phi) is 6.03. The van der Waals surface area contributed by atoms with Crippen LogP contribution in [0.5, 0.6) is 11.5 Å². The summed E-state index contributed by atoms with van der Waals surface area (Å²) in [6.45, 7) is 2.53. The number of nitrogens with one attached hydrogen (secondary N) is 1. The first-order valence-corrected chi connectivity index (χ1v) is 9.31. The molecule has 0 fully saturated rings. The van der Waals surface area contributed by atoms with Crippen LogP contribution in [0.2, 0.25) is 0 Å². The highest BCUT2D eigenvalue weighted by Crippen LogP contribution is 2.28. The van der Waals surface area contributed by atoms with Gasteiger partial charge in [-0.05, 0) is 37.3 Å². The van der Waals surface area contributed by atoms with E-state index in [4.69, 9.17) is 9.47 Å². The molecule has 0 saturated carbocycles. The second kappa shape index (κ2) is 8.64. The van der Waals surface area contributed by atoms with Crippen molar-refractivity contribution in [2.45, 2.75) is 13.3 Å². The number of thiazole rings is 1. The van der Waals surface area contributed by atoms with E-state index in [9.17, 15) is 4.79 Å². The number of pyridine rings is 1. The average Bonchev–Trinajstić information content (AvgIpc) is 3.08. The first-order valence-electron chi connectivity index (χ1n) is 8.49. The molecule has 27 heavy (non-hydrogen) atoms. The molecular weight excluding hydrogens is 362 g/mol. The van der Waals surface area contributed by atoms with Gasteiger partial charge in [-0.1, -0.05) is 0 Å². The summed E-state index contributed by atoms with van der Waals surface area (Å²) >= 11 is 1.64. The number of aryl methyl sites for hydroxylation is 1. The summed E-state index contributed by atoms with van der Waals surface area (Å²) in [4.78, 5) is 22.2. The zero-order chi connectivity index (χ0) is 19.2. The fraction of sp³-hybridized carbons (Fsp3) is 0.250. The maximum Gasteiger partial charge on any atom is 0.251 e. The fourth-order valence-corrected chi connectivity index (χ4v) is 3.71. The van der Waals surface area contributed by atoms with Crippen molar-refractivity contribution in [1.82, 2.24) is 15.3 Å². The first kappa shape index (κ1) is 18.8. The van der Waals surface area contributed by atoms with Crippen molar-refractivity contribution in [3.05, 3.63) is 58.9 Å². The lowest BCUT2D eigenvalue weighted by Crippen LogP contribution is -2.25. The van der Waals surface area contributed by atoms with Crippen molar-refractivity contribution in [3.8, 4) is 22.1 Å². The molecule has 6 nitrogen and oxygen atoms in total. The van der Waals surface area contributed by atoms with Gasteiger partial charge in [0.25, 0.3) is 5.91 Å². The SMILES string of the molecule is COc1ccc(C(=O)NCCc2sc(-c3ccncc3)nc2C)cc1OC. The van der Waals surface area contributed by atoms with Crippen LogP contribution >= 0.6 is 11.3 Å². The highest BCUT2D eigenvalue weighted by Gasteiger charge is 2.12. The first-order chi connectivity index (χ1) is 13.1. The third-order valence-corrected chi connectivity index (χ3v) is 5.37. The molecule has 3 rings (SSSR count). The van der Waals surface area contributed by atoms with Gasteiger partial charge in [0.15, 0.2) is 11.5 Å². The van der Waals surface area contributed by atoms with Gasteiger partial charge in [-0.25, -0.2) is 4.98 Å². The minimum Gasteiger partial charge on any atom is -0.493 e. The van der Waals surface area contributed by atoms with Crippen LogP contribution in [0, 0.1) is 6.92 Å². The monoisotopic (exact) mass is 383 g/mol. The van der Waals surface area contributed by atoms with E-state index in [0.717, 1.165) is 27.6 Å². The Hall–Kier alpha value is -2.93. The number of methoxy groups -OCH3 is 2. The van der Waals surface area contributed by atoms with Crippen molar-refractivity contribution < 1.29 is 14.3 Å². The fourth-order valence-electron chi connectivity index (χ4n) is 2.65. The van der Waals surface area contributed by atoms with Crippen molar-refractivity contribution in [2.75, 3.05) is 20.8 Å². The summed E-state index contributed by atoms with van der Waals surface area (Å²) in [5.41, 5.74) is 2.58. The maximum atomic E-state index is 12.4. The highest BCUT2D eigenvalue weighted by atomic mass is 32.1. The van der Waals surface area contributed by atoms with Crippen molar-refractivity contribution in [2.24, 2.45) is 0 Å². The van der Waals surface area contributed by atoms with E-state index in [0.29, 0.717) is 23.6 Å². The molecule has 0 atom stereocenters. The van der Waals surface area contributed by atoms with Crippen LogP contribution in [-0.4, -0.2) is 36.6 Å². The molecule has 0 aliphatic rings. The minimum absolute atomic E-state index is 0.146. The van der Waals surface area contributed by atoms with Gasteiger partial charge in [0.1, 0.15) is 5.01 Å². The largest absolute Gasteiger partial charge is 0.493 e. The van der Waals surface area contributed by atoms with Crippen LogP contribution in [0.25, 0.3) is 10.6 Å². The summed E-state index contributed by atoms with van der Waals surface area (Å²) in [5, 5.41) is 3.91. The van der Waals surface area contributed by atoms with Crippen LogP contribution in [0.1, 0.15) is 20.9 Å². The van der Waals surface area contributed by atoms with E-state index in [1.54, 1.807) is 56.1 Å². The molecule has 140 valence electrons. The zero-order valence-electron chi connectivity index (χ0n) is 15.5. The number of carbonyl (C=O) groups is 1. The van der Waals surface area contributed by atoms with E-state index < -0.39 is 0 Å². The lowest BCUT2D eigenvalue weighted by Gasteiger charge is -2.10. The van der Waals surface area contributed by atoms with Gasteiger partial charge in [0.2, 0.25) is 0 Å². The summed E-state index contributed by atoms with van der Waals surface area (Å²) in [5.74, 6) is 0.982. The number of rotatable bonds is 7. The lowest BCUT2D eigenvalue weighted by molar-refractivity contribution is 0.0953. The second-order valence-corrected chi connectivity index (χ2v) is 6.92. The molecule has 3 aromatic rings. The Bertz CT molecular complexity index is 925. The van der Waals surface area contributed by atoms with E-state index in [-0.39, 0.29) is 5.91 Å². The van der Waals surface area contributed by atoms with Gasteiger partial charge < -0.3 is 14.8 Å². The Morgan fingerprint density at radius 3 is 2.56 bits per heavy atom. The van der Waals surface area contributed by atoms with Gasteiger partial charge in [0, 0.05) is 41.4 Å². The van der Waals surface area contributed by atoms with E-state index in [1.165, 1.54) is 0 Å². The normalized spacial score (nSPS) is 10.5. The quantitative estimate of drug-likeness (QED) is 0.676. The second-order valence-electron chi connectivity index (χ2n) is 5.84. The molecule has 1 N–H and O–H groups in total. The molecule has 2 heterocycles. The predicted molar refractivity (Wildman–Crippen MR) is 106 cm³/mol. The smallest absolute Gasteiger partial charge is 0.251 e. The van der Waals surface area contributed by atoms with Crippen LogP contribution in [-0.2, 0) is 6.42 Å².